The first-order valence-corrected chi connectivity index (χ1v) is 7.92. The van der Waals surface area contributed by atoms with E-state index < -0.39 is 0 Å². The molecule has 0 radical (unpaired) electrons. The third-order valence-corrected chi connectivity index (χ3v) is 4.56. The van der Waals surface area contributed by atoms with Gasteiger partial charge >= 0.3 is 0 Å². The third kappa shape index (κ3) is 3.53. The van der Waals surface area contributed by atoms with Crippen molar-refractivity contribution >= 4 is 5.69 Å². The molecular weight excluding hydrogens is 248 g/mol. The van der Waals surface area contributed by atoms with Gasteiger partial charge in [-0.05, 0) is 37.5 Å². The summed E-state index contributed by atoms with van der Waals surface area (Å²) in [6.45, 7) is 11.1. The average molecular weight is 276 g/mol. The van der Waals surface area contributed by atoms with Crippen LogP contribution in [0.1, 0.15) is 45.3 Å². The normalized spacial score (nSPS) is 19.9. The Hall–Kier alpha value is -1.06. The van der Waals surface area contributed by atoms with Gasteiger partial charge in [0.05, 0.1) is 6.10 Å². The molecule has 112 valence electrons. The minimum absolute atomic E-state index is 0.327. The van der Waals surface area contributed by atoms with E-state index in [0.717, 1.165) is 38.2 Å². The summed E-state index contributed by atoms with van der Waals surface area (Å²) in [6, 6.07) is 9.11. The number of aliphatic hydroxyl groups is 1. The summed E-state index contributed by atoms with van der Waals surface area (Å²) < 4.78 is 0. The molecule has 0 aromatic heterocycles. The van der Waals surface area contributed by atoms with Gasteiger partial charge in [-0.2, -0.15) is 0 Å². The van der Waals surface area contributed by atoms with Crippen molar-refractivity contribution in [1.82, 2.24) is 4.90 Å². The Balaban J connectivity index is 1.93. The number of piperazine rings is 1. The van der Waals surface area contributed by atoms with Crippen LogP contribution in [0.4, 0.5) is 5.69 Å². The average Bonchev–Trinajstić information content (AvgIpc) is 2.53. The van der Waals surface area contributed by atoms with Crippen LogP contribution < -0.4 is 4.90 Å². The van der Waals surface area contributed by atoms with Gasteiger partial charge in [0, 0.05) is 37.9 Å². The zero-order valence-corrected chi connectivity index (χ0v) is 13.0. The van der Waals surface area contributed by atoms with Gasteiger partial charge in [-0.1, -0.05) is 26.0 Å². The van der Waals surface area contributed by atoms with Crippen LogP contribution in [0, 0.1) is 0 Å². The van der Waals surface area contributed by atoms with Crippen LogP contribution in [-0.2, 0) is 0 Å². The van der Waals surface area contributed by atoms with Crippen molar-refractivity contribution in [2.75, 3.05) is 31.1 Å². The molecule has 1 N–H and O–H groups in total. The van der Waals surface area contributed by atoms with E-state index >= 15 is 0 Å². The molecule has 1 aromatic rings. The Kier molecular flexibility index (Phi) is 5.44. The number of aliphatic hydroxyl groups excluding tert-OH is 1. The lowest BCUT2D eigenvalue weighted by atomic mass is 10.1. The Morgan fingerprint density at radius 1 is 1.00 bits per heavy atom. The first-order valence-electron chi connectivity index (χ1n) is 7.92. The zero-order chi connectivity index (χ0) is 14.5. The minimum Gasteiger partial charge on any atom is -0.388 e. The van der Waals surface area contributed by atoms with E-state index in [-0.39, 0.29) is 6.10 Å². The summed E-state index contributed by atoms with van der Waals surface area (Å²) in [6.07, 6.45) is 1.67. The highest BCUT2D eigenvalue weighted by Crippen LogP contribution is 2.22. The quantitative estimate of drug-likeness (QED) is 0.895. The Bertz CT molecular complexity index is 396. The fraction of sp³-hybridized carbons (Fsp3) is 0.647. The van der Waals surface area contributed by atoms with Gasteiger partial charge in [0.25, 0.3) is 0 Å². The van der Waals surface area contributed by atoms with Crippen LogP contribution in [0.25, 0.3) is 0 Å². The fourth-order valence-electron chi connectivity index (χ4n) is 2.82. The summed E-state index contributed by atoms with van der Waals surface area (Å²) >= 11 is 0. The van der Waals surface area contributed by atoms with Gasteiger partial charge in [0.2, 0.25) is 0 Å². The van der Waals surface area contributed by atoms with Crippen molar-refractivity contribution in [3.05, 3.63) is 29.8 Å². The molecule has 3 nitrogen and oxygen atoms in total. The molecule has 1 aliphatic rings. The molecule has 2 atom stereocenters. The molecule has 0 aliphatic carbocycles. The predicted octanol–water partition coefficient (Wildman–Crippen LogP) is 3.05. The van der Waals surface area contributed by atoms with Crippen LogP contribution in [0.5, 0.6) is 0 Å². The first kappa shape index (κ1) is 15.3. The number of anilines is 1. The topological polar surface area (TPSA) is 26.7 Å². The number of rotatable bonds is 5. The van der Waals surface area contributed by atoms with Crippen LogP contribution in [-0.4, -0.2) is 42.2 Å². The molecule has 2 unspecified atom stereocenters. The van der Waals surface area contributed by atoms with Gasteiger partial charge < -0.3 is 10.0 Å². The van der Waals surface area contributed by atoms with E-state index in [4.69, 9.17) is 0 Å². The highest BCUT2D eigenvalue weighted by Gasteiger charge is 2.20. The van der Waals surface area contributed by atoms with E-state index in [1.54, 1.807) is 0 Å². The van der Waals surface area contributed by atoms with Crippen molar-refractivity contribution in [2.45, 2.75) is 45.8 Å². The second-order valence-corrected chi connectivity index (χ2v) is 5.80. The van der Waals surface area contributed by atoms with Crippen LogP contribution in [0.2, 0.25) is 0 Å². The van der Waals surface area contributed by atoms with E-state index in [2.05, 4.69) is 47.9 Å². The Morgan fingerprint density at radius 2 is 1.60 bits per heavy atom. The van der Waals surface area contributed by atoms with Gasteiger partial charge in [0.15, 0.2) is 0 Å². The Labute approximate surface area is 123 Å². The van der Waals surface area contributed by atoms with Gasteiger partial charge in [-0.25, -0.2) is 0 Å². The van der Waals surface area contributed by atoms with Gasteiger partial charge in [0.1, 0.15) is 0 Å². The number of nitrogens with zero attached hydrogens (tertiary/aromatic N) is 2. The van der Waals surface area contributed by atoms with Crippen LogP contribution in [0.15, 0.2) is 24.3 Å². The molecule has 1 saturated heterocycles. The monoisotopic (exact) mass is 276 g/mol. The molecule has 3 heteroatoms. The molecule has 1 aliphatic heterocycles. The highest BCUT2D eigenvalue weighted by molar-refractivity contribution is 5.48. The second kappa shape index (κ2) is 7.09. The molecule has 0 amide bonds. The summed E-state index contributed by atoms with van der Waals surface area (Å²) in [5, 5.41) is 9.83. The highest BCUT2D eigenvalue weighted by atomic mass is 16.3. The maximum atomic E-state index is 9.83. The fourth-order valence-corrected chi connectivity index (χ4v) is 2.82. The molecule has 1 aromatic carbocycles. The SMILES string of the molecule is CCC(O)c1ccc(N2CCN(C(C)CC)CC2)cc1. The molecule has 1 heterocycles. The summed E-state index contributed by atoms with van der Waals surface area (Å²) in [5.41, 5.74) is 2.30. The van der Waals surface area contributed by atoms with Crippen molar-refractivity contribution in [3.63, 3.8) is 0 Å². The third-order valence-electron chi connectivity index (χ3n) is 4.56. The predicted molar refractivity (Wildman–Crippen MR) is 85.2 cm³/mol. The number of benzene rings is 1. The smallest absolute Gasteiger partial charge is 0.0787 e. The Morgan fingerprint density at radius 3 is 2.10 bits per heavy atom. The molecule has 0 saturated carbocycles. The van der Waals surface area contributed by atoms with Crippen LogP contribution >= 0.6 is 0 Å². The molecule has 1 fully saturated rings. The number of hydrogen-bond acceptors (Lipinski definition) is 3. The summed E-state index contributed by atoms with van der Waals surface area (Å²) in [5.74, 6) is 0. The van der Waals surface area contributed by atoms with Gasteiger partial charge in [-0.15, -0.1) is 0 Å². The lowest BCUT2D eigenvalue weighted by molar-refractivity contribution is 0.173. The van der Waals surface area contributed by atoms with Crippen LogP contribution in [0.3, 0.4) is 0 Å². The molecule has 0 bridgehead atoms. The maximum Gasteiger partial charge on any atom is 0.0787 e. The van der Waals surface area contributed by atoms with Crippen molar-refractivity contribution < 1.29 is 5.11 Å². The van der Waals surface area contributed by atoms with Gasteiger partial charge in [-0.3, -0.25) is 4.90 Å². The lowest BCUT2D eigenvalue weighted by Gasteiger charge is -2.39. The summed E-state index contributed by atoms with van der Waals surface area (Å²) in [7, 11) is 0. The standard InChI is InChI=1S/C17H28N2O/c1-4-14(3)18-10-12-19(13-11-18)16-8-6-15(7-9-16)17(20)5-2/h6-9,14,17,20H,4-5,10-13H2,1-3H3. The minimum atomic E-state index is -0.327. The molecular formula is C17H28N2O. The van der Waals surface area contributed by atoms with E-state index in [1.165, 1.54) is 12.1 Å². The lowest BCUT2D eigenvalue weighted by Crippen LogP contribution is -2.49. The summed E-state index contributed by atoms with van der Waals surface area (Å²) in [4.78, 5) is 5.02. The van der Waals surface area contributed by atoms with E-state index in [0.29, 0.717) is 6.04 Å². The second-order valence-electron chi connectivity index (χ2n) is 5.80. The van der Waals surface area contributed by atoms with Crippen molar-refractivity contribution in [1.29, 1.82) is 0 Å². The van der Waals surface area contributed by atoms with Crippen molar-refractivity contribution in [3.8, 4) is 0 Å². The zero-order valence-electron chi connectivity index (χ0n) is 13.0. The number of hydrogen-bond donors (Lipinski definition) is 1. The van der Waals surface area contributed by atoms with E-state index in [1.807, 2.05) is 6.92 Å². The molecule has 2 rings (SSSR count). The molecule has 0 spiro atoms. The van der Waals surface area contributed by atoms with Crippen molar-refractivity contribution in [2.24, 2.45) is 0 Å². The largest absolute Gasteiger partial charge is 0.388 e. The van der Waals surface area contributed by atoms with E-state index in [9.17, 15) is 5.11 Å². The first-order chi connectivity index (χ1) is 9.65. The molecule has 20 heavy (non-hydrogen) atoms. The maximum absolute atomic E-state index is 9.83.